The van der Waals surface area contributed by atoms with Crippen LogP contribution in [0.2, 0.25) is 0 Å². The van der Waals surface area contributed by atoms with E-state index in [-0.39, 0.29) is 42.2 Å². The van der Waals surface area contributed by atoms with E-state index in [1.165, 1.54) is 17.0 Å². The summed E-state index contributed by atoms with van der Waals surface area (Å²) in [7, 11) is 5.04. The molecule has 0 bridgehead atoms. The molecule has 8 heteroatoms. The number of likely N-dealkylation sites (N-methyl/N-ethyl adjacent to an activating group) is 1. The summed E-state index contributed by atoms with van der Waals surface area (Å²) in [4.78, 5) is 17.8. The average Bonchev–Trinajstić information content (AvgIpc) is 2.69. The summed E-state index contributed by atoms with van der Waals surface area (Å²) in [5, 5.41) is 6.24. The number of nitrogens with one attached hydrogen (secondary N) is 2. The molecule has 158 valence electrons. The number of hydrogen-bond donors (Lipinski definition) is 2. The van der Waals surface area contributed by atoms with Gasteiger partial charge in [-0.25, -0.2) is 9.38 Å². The number of hydrogen-bond acceptors (Lipinski definition) is 3. The maximum absolute atomic E-state index is 13.3. The van der Waals surface area contributed by atoms with Crippen molar-refractivity contribution < 1.29 is 13.9 Å². The smallest absolute Gasteiger partial charge is 0.241 e. The summed E-state index contributed by atoms with van der Waals surface area (Å²) in [6, 6.07) is 14.2. The molecule has 0 heterocycles. The fourth-order valence-electron chi connectivity index (χ4n) is 2.41. The van der Waals surface area contributed by atoms with E-state index in [0.29, 0.717) is 19.0 Å². The van der Waals surface area contributed by atoms with Crippen molar-refractivity contribution in [3.63, 3.8) is 0 Å². The molecule has 0 fully saturated rings. The first-order valence-electron chi connectivity index (χ1n) is 9.07. The molecule has 6 nitrogen and oxygen atoms in total. The molecule has 0 atom stereocenters. The maximum Gasteiger partial charge on any atom is 0.241 e. The first-order valence-corrected chi connectivity index (χ1v) is 9.07. The van der Waals surface area contributed by atoms with Crippen LogP contribution in [-0.4, -0.2) is 51.1 Å². The molecule has 2 aromatic carbocycles. The largest absolute Gasteiger partial charge is 0.497 e. The highest BCUT2D eigenvalue weighted by atomic mass is 127. The number of benzene rings is 2. The zero-order valence-electron chi connectivity index (χ0n) is 16.9. The number of rotatable bonds is 8. The molecule has 2 aromatic rings. The molecule has 0 aliphatic heterocycles. The van der Waals surface area contributed by atoms with Gasteiger partial charge < -0.3 is 20.3 Å². The SMILES string of the molecule is COc1ccc(CCNC(=NCc2cccc(F)c2)NCC(=O)N(C)C)cc1.I. The van der Waals surface area contributed by atoms with Crippen LogP contribution in [0, 0.1) is 5.82 Å². The van der Waals surface area contributed by atoms with Gasteiger partial charge in [-0.2, -0.15) is 0 Å². The molecule has 0 aliphatic carbocycles. The third kappa shape index (κ3) is 9.12. The summed E-state index contributed by atoms with van der Waals surface area (Å²) < 4.78 is 18.5. The van der Waals surface area contributed by atoms with Crippen LogP contribution in [0.25, 0.3) is 0 Å². The zero-order chi connectivity index (χ0) is 20.4. The van der Waals surface area contributed by atoms with E-state index in [4.69, 9.17) is 4.74 Å². The second-order valence-corrected chi connectivity index (χ2v) is 6.46. The van der Waals surface area contributed by atoms with Gasteiger partial charge in [-0.3, -0.25) is 4.79 Å². The first-order chi connectivity index (χ1) is 13.5. The van der Waals surface area contributed by atoms with Crippen molar-refractivity contribution >= 4 is 35.8 Å². The van der Waals surface area contributed by atoms with Crippen molar-refractivity contribution in [3.8, 4) is 5.75 Å². The van der Waals surface area contributed by atoms with Gasteiger partial charge in [0.2, 0.25) is 5.91 Å². The van der Waals surface area contributed by atoms with Gasteiger partial charge >= 0.3 is 0 Å². The summed E-state index contributed by atoms with van der Waals surface area (Å²) in [6.07, 6.45) is 0.784. The van der Waals surface area contributed by atoms with Crippen LogP contribution in [-0.2, 0) is 17.8 Å². The average molecular weight is 514 g/mol. The second-order valence-electron chi connectivity index (χ2n) is 6.46. The van der Waals surface area contributed by atoms with E-state index in [0.717, 1.165) is 23.3 Å². The summed E-state index contributed by atoms with van der Waals surface area (Å²) in [6.45, 7) is 1.08. The first kappa shape index (κ1) is 24.7. The van der Waals surface area contributed by atoms with Crippen LogP contribution in [0.15, 0.2) is 53.5 Å². The van der Waals surface area contributed by atoms with Crippen molar-refractivity contribution in [1.29, 1.82) is 0 Å². The number of aliphatic imine (C=N–C) groups is 1. The fourth-order valence-corrected chi connectivity index (χ4v) is 2.41. The molecule has 2 N–H and O–H groups in total. The molecular formula is C21H28FIN4O2. The third-order valence-corrected chi connectivity index (χ3v) is 4.08. The van der Waals surface area contributed by atoms with Crippen molar-refractivity contribution in [1.82, 2.24) is 15.5 Å². The minimum atomic E-state index is -0.294. The summed E-state index contributed by atoms with van der Waals surface area (Å²) in [5.74, 6) is 0.971. The van der Waals surface area contributed by atoms with Gasteiger partial charge in [0.1, 0.15) is 11.6 Å². The molecule has 0 radical (unpaired) electrons. The lowest BCUT2D eigenvalue weighted by atomic mass is 10.1. The van der Waals surface area contributed by atoms with Crippen molar-refractivity contribution in [2.75, 3.05) is 34.3 Å². The lowest BCUT2D eigenvalue weighted by Gasteiger charge is -2.15. The van der Waals surface area contributed by atoms with E-state index < -0.39 is 0 Å². The van der Waals surface area contributed by atoms with Gasteiger partial charge in [-0.05, 0) is 41.8 Å². The van der Waals surface area contributed by atoms with E-state index in [1.807, 2.05) is 30.3 Å². The van der Waals surface area contributed by atoms with E-state index in [2.05, 4.69) is 15.6 Å². The molecule has 0 unspecified atom stereocenters. The number of halogens is 2. The van der Waals surface area contributed by atoms with Gasteiger partial charge in [0.05, 0.1) is 20.2 Å². The van der Waals surface area contributed by atoms with Gasteiger partial charge in [0, 0.05) is 20.6 Å². The van der Waals surface area contributed by atoms with Crippen LogP contribution < -0.4 is 15.4 Å². The predicted octanol–water partition coefficient (Wildman–Crippen LogP) is 2.82. The van der Waals surface area contributed by atoms with E-state index >= 15 is 0 Å². The Balaban J connectivity index is 0.00000420. The van der Waals surface area contributed by atoms with E-state index in [1.54, 1.807) is 27.3 Å². The minimum absolute atomic E-state index is 0. The Hall–Kier alpha value is -2.36. The molecule has 29 heavy (non-hydrogen) atoms. The number of amides is 1. The highest BCUT2D eigenvalue weighted by Gasteiger charge is 2.06. The summed E-state index contributed by atoms with van der Waals surface area (Å²) >= 11 is 0. The number of guanidine groups is 1. The molecule has 0 saturated heterocycles. The monoisotopic (exact) mass is 514 g/mol. The van der Waals surface area contributed by atoms with Crippen LogP contribution in [0.1, 0.15) is 11.1 Å². The second kappa shape index (κ2) is 13.0. The Morgan fingerprint density at radius 2 is 1.83 bits per heavy atom. The van der Waals surface area contributed by atoms with E-state index in [9.17, 15) is 9.18 Å². The maximum atomic E-state index is 13.3. The molecule has 0 aliphatic rings. The van der Waals surface area contributed by atoms with Crippen molar-refractivity contribution in [2.45, 2.75) is 13.0 Å². The molecule has 0 aromatic heterocycles. The van der Waals surface area contributed by atoms with Gasteiger partial charge in [0.25, 0.3) is 0 Å². The highest BCUT2D eigenvalue weighted by molar-refractivity contribution is 14.0. The minimum Gasteiger partial charge on any atom is -0.497 e. The molecule has 0 saturated carbocycles. The number of ether oxygens (including phenoxy) is 1. The topological polar surface area (TPSA) is 66.0 Å². The molecular weight excluding hydrogens is 486 g/mol. The van der Waals surface area contributed by atoms with Crippen LogP contribution in [0.5, 0.6) is 5.75 Å². The quantitative estimate of drug-likeness (QED) is 0.323. The Bertz CT molecular complexity index is 798. The van der Waals surface area contributed by atoms with Crippen molar-refractivity contribution in [2.24, 2.45) is 4.99 Å². The number of nitrogens with zero attached hydrogens (tertiary/aromatic N) is 2. The fraction of sp³-hybridized carbons (Fsp3) is 0.333. The Labute approximate surface area is 188 Å². The lowest BCUT2D eigenvalue weighted by molar-refractivity contribution is -0.127. The number of carbonyl (C=O) groups is 1. The van der Waals surface area contributed by atoms with Gasteiger partial charge in [0.15, 0.2) is 5.96 Å². The van der Waals surface area contributed by atoms with Crippen LogP contribution in [0.3, 0.4) is 0 Å². The molecule has 2 rings (SSSR count). The Morgan fingerprint density at radius 3 is 2.45 bits per heavy atom. The number of methoxy groups -OCH3 is 1. The predicted molar refractivity (Wildman–Crippen MR) is 124 cm³/mol. The molecule has 0 spiro atoms. The standard InChI is InChI=1S/C21H27FN4O2.HI/c1-26(2)20(27)15-25-21(24-14-17-5-4-6-18(22)13-17)23-12-11-16-7-9-19(28-3)10-8-16;/h4-10,13H,11-12,14-15H2,1-3H3,(H2,23,24,25);1H. The highest BCUT2D eigenvalue weighted by Crippen LogP contribution is 2.11. The Morgan fingerprint density at radius 1 is 1.10 bits per heavy atom. The molecule has 1 amide bonds. The third-order valence-electron chi connectivity index (χ3n) is 4.08. The normalized spacial score (nSPS) is 10.7. The van der Waals surface area contributed by atoms with Crippen molar-refractivity contribution in [3.05, 3.63) is 65.5 Å². The lowest BCUT2D eigenvalue weighted by Crippen LogP contribution is -2.43. The number of carbonyl (C=O) groups excluding carboxylic acids is 1. The van der Waals surface area contributed by atoms with Gasteiger partial charge in [-0.15, -0.1) is 24.0 Å². The Kier molecular flexibility index (Phi) is 11.0. The zero-order valence-corrected chi connectivity index (χ0v) is 19.3. The van der Waals surface area contributed by atoms with Crippen LogP contribution in [0.4, 0.5) is 4.39 Å². The van der Waals surface area contributed by atoms with Crippen LogP contribution >= 0.6 is 24.0 Å². The van der Waals surface area contributed by atoms with Gasteiger partial charge in [-0.1, -0.05) is 24.3 Å². The summed E-state index contributed by atoms with van der Waals surface area (Å²) in [5.41, 5.74) is 1.91.